The van der Waals surface area contributed by atoms with Gasteiger partial charge < -0.3 is 66.0 Å². The fourth-order valence-corrected chi connectivity index (χ4v) is 17.6. The van der Waals surface area contributed by atoms with Crippen LogP contribution in [-0.4, -0.2) is 231 Å². The number of piperidine rings is 2. The van der Waals surface area contributed by atoms with Crippen LogP contribution in [0.5, 0.6) is 0 Å². The molecule has 8 atom stereocenters. The lowest BCUT2D eigenvalue weighted by atomic mass is 9.95. The molecule has 6 aromatic rings. The molecule has 6 aromatic carbocycles. The van der Waals surface area contributed by atoms with Crippen LogP contribution in [0.25, 0.3) is 0 Å². The normalized spacial score (nSPS) is 21.2. The molecule has 6 saturated heterocycles. The van der Waals surface area contributed by atoms with E-state index in [1.165, 1.54) is 49.7 Å². The van der Waals surface area contributed by atoms with Crippen molar-refractivity contribution in [1.82, 2.24) is 66.2 Å². The highest BCUT2D eigenvalue weighted by Gasteiger charge is 2.37. The first-order valence-corrected chi connectivity index (χ1v) is 44.4. The monoisotopic (exact) mass is 1730 g/mol. The molecule has 20 nitrogen and oxygen atoms in total. The molecule has 6 N–H and O–H groups in total. The molecular weight excluding hydrogens is 1610 g/mol. The third kappa shape index (κ3) is 29.8. The number of urea groups is 1. The van der Waals surface area contributed by atoms with Crippen molar-refractivity contribution in [3.8, 4) is 0 Å². The second-order valence-corrected chi connectivity index (χ2v) is 34.5. The SMILES string of the molecule is CC[C@H](CN1CC[C@@H](CN(Cc2ccc(Cl)c(Cl)c2)C(C)=O)N[C@@H](CCN2CCCCC2)C1=O)c1ccccc1.CC[C@H](CN1CC[C@@H](CNC(=O)NCc2ccc(Cl)cc2)N[C@@H](CCN2CCCCC2)C1=O)c1ccccc1.O=C(NC[C@@H]1CCN(Cc2cc(Cl)cc(Cl)c2)C(=O)[C@H](CCN2CCOCC2)N1)c1ccc(Cl)c(Cl)c1. The summed E-state index contributed by atoms with van der Waals surface area (Å²) in [5.74, 6) is 0.775. The van der Waals surface area contributed by atoms with Gasteiger partial charge in [0.15, 0.2) is 0 Å². The molecule has 0 bridgehead atoms. The summed E-state index contributed by atoms with van der Waals surface area (Å²) in [5.41, 5.74) is 5.80. The van der Waals surface area contributed by atoms with Crippen molar-refractivity contribution in [2.24, 2.45) is 0 Å². The smallest absolute Gasteiger partial charge is 0.315 e. The van der Waals surface area contributed by atoms with Crippen molar-refractivity contribution in [2.75, 3.05) is 124 Å². The Kier molecular flexibility index (Phi) is 38.2. The van der Waals surface area contributed by atoms with Gasteiger partial charge in [0, 0.05) is 162 Å². The van der Waals surface area contributed by atoms with E-state index in [1.54, 1.807) is 37.3 Å². The highest BCUT2D eigenvalue weighted by molar-refractivity contribution is 6.42. The molecule has 0 aromatic heterocycles. The highest BCUT2D eigenvalue weighted by Crippen LogP contribution is 2.30. The lowest BCUT2D eigenvalue weighted by Crippen LogP contribution is -2.51. The van der Waals surface area contributed by atoms with E-state index in [-0.39, 0.29) is 71.8 Å². The number of carbonyl (C=O) groups is 6. The first-order valence-electron chi connectivity index (χ1n) is 41.8. The number of amides is 7. The number of hydrogen-bond acceptors (Lipinski definition) is 13. The van der Waals surface area contributed by atoms with Crippen molar-refractivity contribution in [3.05, 3.63) is 208 Å². The Balaban J connectivity index is 0.000000184. The molecule has 12 rings (SSSR count). The van der Waals surface area contributed by atoms with Crippen LogP contribution in [0.3, 0.4) is 0 Å². The third-order valence-electron chi connectivity index (χ3n) is 23.1. The number of ether oxygens (including phenoxy) is 1. The molecule has 630 valence electrons. The van der Waals surface area contributed by atoms with Gasteiger partial charge in [0.25, 0.3) is 5.91 Å². The van der Waals surface area contributed by atoms with Gasteiger partial charge in [-0.25, -0.2) is 4.79 Å². The number of benzene rings is 6. The molecule has 0 spiro atoms. The average Bonchev–Trinajstić information content (AvgIpc) is 1.66. The molecule has 116 heavy (non-hydrogen) atoms. The van der Waals surface area contributed by atoms with E-state index in [0.717, 1.165) is 121 Å². The Bertz CT molecular complexity index is 4050. The van der Waals surface area contributed by atoms with Crippen molar-refractivity contribution in [2.45, 2.75) is 178 Å². The number of halogens is 7. The zero-order valence-corrected chi connectivity index (χ0v) is 72.8. The summed E-state index contributed by atoms with van der Waals surface area (Å²) in [5, 5.41) is 23.2. The van der Waals surface area contributed by atoms with Gasteiger partial charge in [0.1, 0.15) is 0 Å². The average molecular weight is 1730 g/mol. The van der Waals surface area contributed by atoms with E-state index < -0.39 is 0 Å². The van der Waals surface area contributed by atoms with Crippen LogP contribution in [0.15, 0.2) is 140 Å². The zero-order chi connectivity index (χ0) is 82.3. The van der Waals surface area contributed by atoms with Gasteiger partial charge in [-0.2, -0.15) is 0 Å². The maximum Gasteiger partial charge on any atom is 0.315 e. The van der Waals surface area contributed by atoms with Crippen LogP contribution in [0, 0.1) is 0 Å². The highest BCUT2D eigenvalue weighted by atomic mass is 35.5. The number of rotatable bonds is 30. The molecule has 27 heteroatoms. The van der Waals surface area contributed by atoms with E-state index >= 15 is 0 Å². The second-order valence-electron chi connectivity index (χ2n) is 31.6. The van der Waals surface area contributed by atoms with Gasteiger partial charge in [0.05, 0.1) is 51.4 Å². The van der Waals surface area contributed by atoms with Crippen LogP contribution in [-0.2, 0) is 43.5 Å². The summed E-state index contributed by atoms with van der Waals surface area (Å²) in [7, 11) is 0. The summed E-state index contributed by atoms with van der Waals surface area (Å²) in [6, 6.07) is 43.0. The fraction of sp³-hybridized carbons (Fsp3) is 0.528. The van der Waals surface area contributed by atoms with Gasteiger partial charge >= 0.3 is 6.03 Å². The predicted molar refractivity (Wildman–Crippen MR) is 470 cm³/mol. The molecular formula is C89H118Cl7N13O7. The van der Waals surface area contributed by atoms with E-state index in [0.29, 0.717) is 144 Å². The number of morpholine rings is 1. The summed E-state index contributed by atoms with van der Waals surface area (Å²) in [4.78, 5) is 94.5. The first-order chi connectivity index (χ1) is 56.1. The summed E-state index contributed by atoms with van der Waals surface area (Å²) < 4.78 is 5.45. The van der Waals surface area contributed by atoms with E-state index in [9.17, 15) is 28.8 Å². The molecule has 6 fully saturated rings. The van der Waals surface area contributed by atoms with Crippen molar-refractivity contribution < 1.29 is 33.5 Å². The lowest BCUT2D eigenvalue weighted by Gasteiger charge is -2.31. The van der Waals surface area contributed by atoms with Crippen LogP contribution in [0.1, 0.15) is 161 Å². The summed E-state index contributed by atoms with van der Waals surface area (Å²) >= 11 is 42.7. The van der Waals surface area contributed by atoms with Gasteiger partial charge in [0.2, 0.25) is 23.6 Å². The van der Waals surface area contributed by atoms with E-state index in [1.807, 2.05) is 70.5 Å². The number of carbonyl (C=O) groups excluding carboxylic acids is 6. The zero-order valence-electron chi connectivity index (χ0n) is 67.5. The standard InChI is InChI=1S/C32H44Cl2N4O2.C31H44ClN5O2.C26H30Cl4N4O3/c1-3-26(27-10-6-4-7-11-27)22-37-19-14-28(35-31(32(37)40)15-18-36-16-8-5-9-17-36)23-38(24(2)39)21-25-12-13-29(33)30(34)20-25;1-2-25(26-9-5-3-6-10-26)23-37-20-15-28(22-34-31(39)33-21-24-11-13-27(32)14-12-24)35-29(30(37)38)16-19-36-17-7-4-8-18-36;27-19-11-17(12-20(28)14-19)16-34-6-3-21(15-31-25(35)18-1-2-22(29)23(30)13-18)32-24(26(34)36)4-5-33-7-9-37-10-8-33/h4,6-7,10-13,20,26,28,31,35H,3,5,8-9,14-19,21-23H2,1-2H3;3,5-6,9-14,25,28-29,35H,2,4,7-8,15-23H2,1H3,(H2,33,34,39);1-2,11-14,21,24,32H,3-10,15-16H2,(H,31,35)/t26-,28+,31+;25-,28+,29+;21-,24-/m110/s1. The third-order valence-corrected chi connectivity index (χ3v) is 25.3. The Morgan fingerprint density at radius 3 is 1.42 bits per heavy atom. The minimum absolute atomic E-state index is 0.000272. The molecule has 0 radical (unpaired) electrons. The van der Waals surface area contributed by atoms with Crippen molar-refractivity contribution in [3.63, 3.8) is 0 Å². The summed E-state index contributed by atoms with van der Waals surface area (Å²) in [6.45, 7) is 22.2. The Morgan fingerprint density at radius 2 is 0.922 bits per heavy atom. The van der Waals surface area contributed by atoms with Gasteiger partial charge in [-0.3, -0.25) is 28.9 Å². The second kappa shape index (κ2) is 48.2. The molecule has 6 aliphatic heterocycles. The van der Waals surface area contributed by atoms with E-state index in [4.69, 9.17) is 85.9 Å². The van der Waals surface area contributed by atoms with Crippen LogP contribution < -0.4 is 31.9 Å². The van der Waals surface area contributed by atoms with Gasteiger partial charge in [-0.1, -0.05) is 187 Å². The maximum absolute atomic E-state index is 14.0. The largest absolute Gasteiger partial charge is 0.379 e. The lowest BCUT2D eigenvalue weighted by molar-refractivity contribution is -0.134. The minimum Gasteiger partial charge on any atom is -0.379 e. The number of nitrogens with zero attached hydrogens (tertiary/aromatic N) is 7. The van der Waals surface area contributed by atoms with Crippen LogP contribution in [0.4, 0.5) is 4.79 Å². The van der Waals surface area contributed by atoms with Crippen LogP contribution >= 0.6 is 81.2 Å². The minimum atomic E-state index is -0.383. The summed E-state index contributed by atoms with van der Waals surface area (Å²) in [6.07, 6.45) is 14.0. The van der Waals surface area contributed by atoms with E-state index in [2.05, 4.69) is 119 Å². The Labute approximate surface area is 722 Å². The molecule has 0 aliphatic carbocycles. The van der Waals surface area contributed by atoms with Gasteiger partial charge in [-0.15, -0.1) is 0 Å². The van der Waals surface area contributed by atoms with Crippen molar-refractivity contribution in [1.29, 1.82) is 0 Å². The Morgan fingerprint density at radius 1 is 0.466 bits per heavy atom. The molecule has 7 amide bonds. The maximum atomic E-state index is 14.0. The fourth-order valence-electron chi connectivity index (χ4n) is 16.3. The van der Waals surface area contributed by atoms with Crippen LogP contribution in [0.2, 0.25) is 35.2 Å². The molecule has 6 heterocycles. The quantitative estimate of drug-likeness (QED) is 0.0249. The molecule has 0 saturated carbocycles. The predicted octanol–water partition coefficient (Wildman–Crippen LogP) is 15.3. The number of nitrogens with one attached hydrogen (secondary N) is 6. The topological polar surface area (TPSA) is 207 Å². The molecule has 0 unspecified atom stereocenters. The molecule has 6 aliphatic rings. The Hall–Kier alpha value is -6.31. The van der Waals surface area contributed by atoms with Gasteiger partial charge in [-0.05, 0) is 192 Å². The number of likely N-dealkylation sites (tertiary alicyclic amines) is 2. The van der Waals surface area contributed by atoms with Crippen molar-refractivity contribution >= 4 is 117 Å². The first kappa shape index (κ1) is 92.0. The number of hydrogen-bond donors (Lipinski definition) is 6.